The number of hydrogen-bond donors (Lipinski definition) is 1. The van der Waals surface area contributed by atoms with Gasteiger partial charge in [0.25, 0.3) is 0 Å². The second-order valence-corrected chi connectivity index (χ2v) is 6.65. The Morgan fingerprint density at radius 1 is 1.30 bits per heavy atom. The van der Waals surface area contributed by atoms with Gasteiger partial charge in [-0.1, -0.05) is 0 Å². The summed E-state index contributed by atoms with van der Waals surface area (Å²) in [6, 6.07) is 2.28. The quantitative estimate of drug-likeness (QED) is 0.943. The van der Waals surface area contributed by atoms with Crippen molar-refractivity contribution in [1.82, 2.24) is 14.5 Å². The van der Waals surface area contributed by atoms with E-state index in [1.807, 2.05) is 25.6 Å². The first-order valence-corrected chi connectivity index (χ1v) is 8.62. The number of aryl methyl sites for hydroxylation is 3. The number of rotatable bonds is 4. The molecule has 4 rings (SSSR count). The zero-order valence-corrected chi connectivity index (χ0v) is 13.7. The summed E-state index contributed by atoms with van der Waals surface area (Å²) in [5.74, 6) is 1.48. The lowest BCUT2D eigenvalue weighted by Crippen LogP contribution is -2.20. The molecule has 2 aromatic heterocycles. The molecule has 122 valence electrons. The maximum Gasteiger partial charge on any atom is 0.138 e. The van der Waals surface area contributed by atoms with E-state index in [1.54, 1.807) is 0 Å². The molecule has 2 aromatic rings. The lowest BCUT2D eigenvalue weighted by Gasteiger charge is -2.20. The molecule has 0 saturated carbocycles. The van der Waals surface area contributed by atoms with Crippen LogP contribution in [0, 0.1) is 5.92 Å². The van der Waals surface area contributed by atoms with Crippen LogP contribution in [-0.4, -0.2) is 27.7 Å². The van der Waals surface area contributed by atoms with Crippen LogP contribution >= 0.6 is 0 Å². The summed E-state index contributed by atoms with van der Waals surface area (Å²) in [6.07, 6.45) is 11.8. The molecule has 5 nitrogen and oxygen atoms in total. The highest BCUT2D eigenvalue weighted by atomic mass is 16.5. The molecule has 2 aliphatic rings. The summed E-state index contributed by atoms with van der Waals surface area (Å²) >= 11 is 0. The van der Waals surface area contributed by atoms with Crippen molar-refractivity contribution in [3.63, 3.8) is 0 Å². The first kappa shape index (κ1) is 14.7. The molecule has 3 heterocycles. The Balaban J connectivity index is 1.43. The minimum Gasteiger partial charge on any atom is -0.383 e. The Morgan fingerprint density at radius 3 is 3.09 bits per heavy atom. The number of pyridine rings is 1. The predicted molar refractivity (Wildman–Crippen MR) is 89.4 cm³/mol. The van der Waals surface area contributed by atoms with Crippen LogP contribution in [0.1, 0.15) is 42.4 Å². The molecule has 1 saturated heterocycles. The maximum atomic E-state index is 5.93. The monoisotopic (exact) mass is 312 g/mol. The summed E-state index contributed by atoms with van der Waals surface area (Å²) in [5, 5.41) is 3.57. The largest absolute Gasteiger partial charge is 0.383 e. The predicted octanol–water partition coefficient (Wildman–Crippen LogP) is 2.88. The average molecular weight is 312 g/mol. The van der Waals surface area contributed by atoms with Crippen molar-refractivity contribution in [2.75, 3.05) is 18.5 Å². The van der Waals surface area contributed by atoms with Gasteiger partial charge in [-0.05, 0) is 43.7 Å². The molecule has 0 unspecified atom stereocenters. The van der Waals surface area contributed by atoms with E-state index in [9.17, 15) is 0 Å². The Bertz CT molecular complexity index is 681. The molecule has 0 aromatic carbocycles. The van der Waals surface area contributed by atoms with Crippen LogP contribution in [0.4, 0.5) is 5.69 Å². The Hall–Kier alpha value is -1.88. The van der Waals surface area contributed by atoms with Crippen molar-refractivity contribution < 1.29 is 4.74 Å². The van der Waals surface area contributed by atoms with Crippen LogP contribution in [0.15, 0.2) is 24.7 Å². The molecular formula is C18H24N4O. The molecule has 1 N–H and O–H groups in total. The third-order valence-electron chi connectivity index (χ3n) is 5.07. The molecule has 5 heteroatoms. The van der Waals surface area contributed by atoms with Gasteiger partial charge in [-0.3, -0.25) is 4.98 Å². The minimum absolute atomic E-state index is 0.0908. The molecule has 1 aliphatic carbocycles. The van der Waals surface area contributed by atoms with Gasteiger partial charge in [0.15, 0.2) is 0 Å². The summed E-state index contributed by atoms with van der Waals surface area (Å²) < 4.78 is 7.99. The lowest BCUT2D eigenvalue weighted by molar-refractivity contribution is 0.0839. The fraction of sp³-hybridized carbons (Fsp3) is 0.556. The van der Waals surface area contributed by atoms with Crippen molar-refractivity contribution >= 4 is 5.69 Å². The van der Waals surface area contributed by atoms with Gasteiger partial charge < -0.3 is 14.6 Å². The highest BCUT2D eigenvalue weighted by Gasteiger charge is 2.32. The van der Waals surface area contributed by atoms with Crippen LogP contribution in [0.3, 0.4) is 0 Å². The smallest absolute Gasteiger partial charge is 0.138 e. The van der Waals surface area contributed by atoms with Crippen LogP contribution in [0.5, 0.6) is 0 Å². The fourth-order valence-corrected chi connectivity index (χ4v) is 3.71. The maximum absolute atomic E-state index is 5.93. The summed E-state index contributed by atoms with van der Waals surface area (Å²) in [4.78, 5) is 9.10. The van der Waals surface area contributed by atoms with Gasteiger partial charge in [-0.25, -0.2) is 4.98 Å². The van der Waals surface area contributed by atoms with Crippen molar-refractivity contribution in [2.45, 2.75) is 38.2 Å². The molecule has 0 bridgehead atoms. The zero-order valence-electron chi connectivity index (χ0n) is 13.7. The van der Waals surface area contributed by atoms with Gasteiger partial charge in [0.1, 0.15) is 11.9 Å². The summed E-state index contributed by atoms with van der Waals surface area (Å²) in [5.41, 5.74) is 3.85. The van der Waals surface area contributed by atoms with E-state index in [2.05, 4.69) is 25.9 Å². The third kappa shape index (κ3) is 2.98. The van der Waals surface area contributed by atoms with Gasteiger partial charge in [-0.15, -0.1) is 0 Å². The molecule has 1 aliphatic heterocycles. The molecule has 2 atom stereocenters. The average Bonchev–Trinajstić information content (AvgIpc) is 3.21. The number of imidazole rings is 1. The Kier molecular flexibility index (Phi) is 4.04. The number of nitrogens with zero attached hydrogens (tertiary/aromatic N) is 3. The Morgan fingerprint density at radius 2 is 2.22 bits per heavy atom. The lowest BCUT2D eigenvalue weighted by atomic mass is 9.96. The van der Waals surface area contributed by atoms with E-state index >= 15 is 0 Å². The number of nitrogens with one attached hydrogen (secondary N) is 1. The molecule has 23 heavy (non-hydrogen) atoms. The molecule has 0 radical (unpaired) electrons. The number of anilines is 1. The number of hydrogen-bond acceptors (Lipinski definition) is 4. The first-order chi connectivity index (χ1) is 11.3. The van der Waals surface area contributed by atoms with Crippen LogP contribution in [-0.2, 0) is 24.6 Å². The van der Waals surface area contributed by atoms with Crippen molar-refractivity contribution in [3.8, 4) is 0 Å². The van der Waals surface area contributed by atoms with E-state index in [1.165, 1.54) is 30.5 Å². The minimum atomic E-state index is 0.0908. The van der Waals surface area contributed by atoms with Gasteiger partial charge >= 0.3 is 0 Å². The SMILES string of the molecule is Cn1ccnc1[C@@H]1OCC[C@H]1CNc1cnc2c(c1)CCCC2. The van der Waals surface area contributed by atoms with Gasteiger partial charge in [-0.2, -0.15) is 0 Å². The fourth-order valence-electron chi connectivity index (χ4n) is 3.71. The standard InChI is InChI=1S/C18H24N4O/c1-22-8-7-19-18(22)17-14(6-9-23-17)11-20-15-10-13-4-2-3-5-16(13)21-12-15/h7-8,10,12,14,17,20H,2-6,9,11H2,1H3/t14-,17+/m0/s1. The van der Waals surface area contributed by atoms with Gasteiger partial charge in [0.2, 0.25) is 0 Å². The van der Waals surface area contributed by atoms with Crippen molar-refractivity contribution in [3.05, 3.63) is 41.7 Å². The first-order valence-electron chi connectivity index (χ1n) is 8.62. The summed E-state index contributed by atoms with van der Waals surface area (Å²) in [6.45, 7) is 1.71. The van der Waals surface area contributed by atoms with Crippen LogP contribution in [0.25, 0.3) is 0 Å². The van der Waals surface area contributed by atoms with E-state index in [0.29, 0.717) is 5.92 Å². The Labute approximate surface area is 137 Å². The summed E-state index contributed by atoms with van der Waals surface area (Å²) in [7, 11) is 2.03. The zero-order chi connectivity index (χ0) is 15.6. The van der Waals surface area contributed by atoms with Crippen molar-refractivity contribution in [2.24, 2.45) is 13.0 Å². The molecule has 0 spiro atoms. The van der Waals surface area contributed by atoms with E-state index in [4.69, 9.17) is 4.74 Å². The van der Waals surface area contributed by atoms with E-state index in [0.717, 1.165) is 37.5 Å². The topological polar surface area (TPSA) is 52.0 Å². The van der Waals surface area contributed by atoms with Crippen LogP contribution < -0.4 is 5.32 Å². The van der Waals surface area contributed by atoms with E-state index < -0.39 is 0 Å². The second kappa shape index (κ2) is 6.32. The third-order valence-corrected chi connectivity index (χ3v) is 5.07. The number of fused-ring (bicyclic) bond motifs is 1. The number of ether oxygens (including phenoxy) is 1. The highest BCUT2D eigenvalue weighted by Crippen LogP contribution is 2.33. The van der Waals surface area contributed by atoms with E-state index in [-0.39, 0.29) is 6.10 Å². The van der Waals surface area contributed by atoms with Gasteiger partial charge in [0.05, 0.1) is 11.9 Å². The normalized spacial score (nSPS) is 23.7. The molecular weight excluding hydrogens is 288 g/mol. The number of aromatic nitrogens is 3. The van der Waals surface area contributed by atoms with Gasteiger partial charge in [0, 0.05) is 44.2 Å². The second-order valence-electron chi connectivity index (χ2n) is 6.65. The molecule has 0 amide bonds. The molecule has 1 fully saturated rings. The van der Waals surface area contributed by atoms with Crippen LogP contribution in [0.2, 0.25) is 0 Å². The van der Waals surface area contributed by atoms with Crippen molar-refractivity contribution in [1.29, 1.82) is 0 Å². The highest BCUT2D eigenvalue weighted by molar-refractivity contribution is 5.45.